The number of hydrogen-bond acceptors (Lipinski definition) is 6. The number of methoxy groups -OCH3 is 4. The Bertz CT molecular complexity index is 898. The van der Waals surface area contributed by atoms with Crippen LogP contribution in [0.4, 0.5) is 0 Å². The van der Waals surface area contributed by atoms with Crippen LogP contribution in [0.25, 0.3) is 11.8 Å². The van der Waals surface area contributed by atoms with E-state index in [-0.39, 0.29) is 0 Å². The van der Waals surface area contributed by atoms with E-state index in [4.69, 9.17) is 23.7 Å². The fraction of sp³-hybridized carbons (Fsp3) is 0.250. The number of ether oxygens (including phenoxy) is 5. The van der Waals surface area contributed by atoms with E-state index < -0.39 is 6.10 Å². The van der Waals surface area contributed by atoms with Gasteiger partial charge in [-0.2, -0.15) is 5.26 Å². The predicted octanol–water partition coefficient (Wildman–Crippen LogP) is 3.81. The highest BCUT2D eigenvalue weighted by Gasteiger charge is 2.26. The van der Waals surface area contributed by atoms with Gasteiger partial charge in [-0.25, -0.2) is 0 Å². The first-order valence-corrected chi connectivity index (χ1v) is 7.91. The van der Waals surface area contributed by atoms with Gasteiger partial charge in [-0.15, -0.1) is 0 Å². The summed E-state index contributed by atoms with van der Waals surface area (Å²) in [4.78, 5) is 0. The number of benzene rings is 2. The van der Waals surface area contributed by atoms with Crippen LogP contribution in [0, 0.1) is 11.3 Å². The molecular formula is C20H19NO5. The van der Waals surface area contributed by atoms with Crippen molar-refractivity contribution in [2.24, 2.45) is 0 Å². The van der Waals surface area contributed by atoms with Gasteiger partial charge in [0, 0.05) is 11.1 Å². The molecule has 134 valence electrons. The highest BCUT2D eigenvalue weighted by Crippen LogP contribution is 2.42. The molecule has 1 aliphatic rings. The summed E-state index contributed by atoms with van der Waals surface area (Å²) in [6.07, 6.45) is 1.12. The van der Waals surface area contributed by atoms with Crippen LogP contribution in [0.5, 0.6) is 23.0 Å². The SMILES string of the molecule is COc1ccc(C2=Cc3cc(OC)c(OC)cc3C(C#N)O2)cc1OC. The van der Waals surface area contributed by atoms with Crippen LogP contribution in [0.15, 0.2) is 30.3 Å². The second-order valence-corrected chi connectivity index (χ2v) is 5.54. The molecule has 1 heterocycles. The molecule has 2 aromatic rings. The Kier molecular flexibility index (Phi) is 4.90. The minimum atomic E-state index is -0.752. The van der Waals surface area contributed by atoms with Crippen molar-refractivity contribution in [1.29, 1.82) is 5.26 Å². The lowest BCUT2D eigenvalue weighted by Gasteiger charge is -2.24. The van der Waals surface area contributed by atoms with Crippen LogP contribution in [0.2, 0.25) is 0 Å². The summed E-state index contributed by atoms with van der Waals surface area (Å²) in [5.74, 6) is 2.92. The van der Waals surface area contributed by atoms with E-state index in [0.29, 0.717) is 28.8 Å². The van der Waals surface area contributed by atoms with E-state index in [2.05, 4.69) is 6.07 Å². The molecule has 6 heteroatoms. The zero-order valence-electron chi connectivity index (χ0n) is 15.0. The Hall–Kier alpha value is -3.33. The number of rotatable bonds is 5. The normalized spacial score (nSPS) is 15.0. The van der Waals surface area contributed by atoms with Gasteiger partial charge in [-0.05, 0) is 42.0 Å². The maximum absolute atomic E-state index is 9.56. The van der Waals surface area contributed by atoms with Crippen LogP contribution in [0.1, 0.15) is 22.8 Å². The van der Waals surface area contributed by atoms with Crippen LogP contribution >= 0.6 is 0 Å². The number of fused-ring (bicyclic) bond motifs is 1. The fourth-order valence-electron chi connectivity index (χ4n) is 2.86. The second-order valence-electron chi connectivity index (χ2n) is 5.54. The summed E-state index contributed by atoms with van der Waals surface area (Å²) in [6.45, 7) is 0. The van der Waals surface area contributed by atoms with Gasteiger partial charge in [-0.3, -0.25) is 0 Å². The number of nitrogens with zero attached hydrogens (tertiary/aromatic N) is 1. The zero-order chi connectivity index (χ0) is 18.7. The molecule has 26 heavy (non-hydrogen) atoms. The summed E-state index contributed by atoms with van der Waals surface area (Å²) in [6, 6.07) is 11.2. The molecule has 1 atom stereocenters. The van der Waals surface area contributed by atoms with Crippen molar-refractivity contribution in [2.45, 2.75) is 6.10 Å². The lowest BCUT2D eigenvalue weighted by molar-refractivity contribution is 0.219. The largest absolute Gasteiger partial charge is 0.493 e. The van der Waals surface area contributed by atoms with E-state index in [0.717, 1.165) is 16.7 Å². The molecule has 0 aliphatic carbocycles. The van der Waals surface area contributed by atoms with E-state index in [1.807, 2.05) is 24.3 Å². The van der Waals surface area contributed by atoms with Crippen LogP contribution < -0.4 is 18.9 Å². The average Bonchev–Trinajstić information content (AvgIpc) is 2.70. The molecule has 0 saturated heterocycles. The third-order valence-corrected chi connectivity index (χ3v) is 4.19. The zero-order valence-corrected chi connectivity index (χ0v) is 15.0. The van der Waals surface area contributed by atoms with Crippen molar-refractivity contribution < 1.29 is 23.7 Å². The third-order valence-electron chi connectivity index (χ3n) is 4.19. The van der Waals surface area contributed by atoms with Gasteiger partial charge in [0.25, 0.3) is 0 Å². The van der Waals surface area contributed by atoms with Crippen LogP contribution in [-0.4, -0.2) is 28.4 Å². The van der Waals surface area contributed by atoms with Crippen molar-refractivity contribution in [3.8, 4) is 29.1 Å². The third kappa shape index (κ3) is 3.00. The first-order valence-electron chi connectivity index (χ1n) is 7.91. The van der Waals surface area contributed by atoms with Gasteiger partial charge in [0.2, 0.25) is 6.10 Å². The summed E-state index contributed by atoms with van der Waals surface area (Å²) >= 11 is 0. The Morgan fingerprint density at radius 3 is 2.08 bits per heavy atom. The van der Waals surface area contributed by atoms with Gasteiger partial charge in [0.15, 0.2) is 23.0 Å². The summed E-state index contributed by atoms with van der Waals surface area (Å²) < 4.78 is 27.2. The lowest BCUT2D eigenvalue weighted by atomic mass is 9.97. The Labute approximate surface area is 152 Å². The van der Waals surface area contributed by atoms with Crippen molar-refractivity contribution >= 4 is 11.8 Å². The van der Waals surface area contributed by atoms with Crippen molar-refractivity contribution in [3.63, 3.8) is 0 Å². The quantitative estimate of drug-likeness (QED) is 0.814. The maximum atomic E-state index is 9.56. The second kappa shape index (κ2) is 7.28. The molecule has 1 unspecified atom stereocenters. The summed E-state index contributed by atoms with van der Waals surface area (Å²) in [7, 11) is 6.28. The van der Waals surface area contributed by atoms with Crippen molar-refractivity contribution in [1.82, 2.24) is 0 Å². The highest BCUT2D eigenvalue weighted by atomic mass is 16.5. The van der Waals surface area contributed by atoms with Crippen molar-refractivity contribution in [2.75, 3.05) is 28.4 Å². The molecule has 0 aromatic heterocycles. The molecule has 0 amide bonds. The number of nitriles is 1. The van der Waals surface area contributed by atoms with Gasteiger partial charge in [0.1, 0.15) is 11.8 Å². The standard InChI is InChI=1S/C20H19NO5/c1-22-15-6-5-12(7-17(15)23-2)16-8-13-9-18(24-3)19(25-4)10-14(13)20(11-21)26-16/h5-10,20H,1-4H3. The average molecular weight is 353 g/mol. The predicted molar refractivity (Wildman–Crippen MR) is 96.4 cm³/mol. The summed E-state index contributed by atoms with van der Waals surface area (Å²) in [5, 5.41) is 9.56. The fourth-order valence-corrected chi connectivity index (χ4v) is 2.86. The van der Waals surface area contributed by atoms with E-state index in [1.54, 1.807) is 40.6 Å². The van der Waals surface area contributed by atoms with Crippen LogP contribution in [0.3, 0.4) is 0 Å². The maximum Gasteiger partial charge on any atom is 0.210 e. The molecule has 0 radical (unpaired) electrons. The molecule has 0 fully saturated rings. The van der Waals surface area contributed by atoms with Crippen molar-refractivity contribution in [3.05, 3.63) is 47.0 Å². The molecule has 3 rings (SSSR count). The van der Waals surface area contributed by atoms with Gasteiger partial charge in [-0.1, -0.05) is 0 Å². The minimum absolute atomic E-state index is 0.554. The molecule has 0 spiro atoms. The van der Waals surface area contributed by atoms with Gasteiger partial charge < -0.3 is 23.7 Å². The Balaban J connectivity index is 2.11. The first kappa shape index (κ1) is 17.5. The Morgan fingerprint density at radius 1 is 0.846 bits per heavy atom. The first-order chi connectivity index (χ1) is 12.6. The molecular weight excluding hydrogens is 334 g/mol. The van der Waals surface area contributed by atoms with E-state index in [1.165, 1.54) is 0 Å². The van der Waals surface area contributed by atoms with E-state index >= 15 is 0 Å². The topological polar surface area (TPSA) is 69.9 Å². The monoisotopic (exact) mass is 353 g/mol. The summed E-state index contributed by atoms with van der Waals surface area (Å²) in [5.41, 5.74) is 2.35. The molecule has 0 N–H and O–H groups in total. The Morgan fingerprint density at radius 2 is 1.46 bits per heavy atom. The molecule has 1 aliphatic heterocycles. The molecule has 0 saturated carbocycles. The minimum Gasteiger partial charge on any atom is -0.493 e. The smallest absolute Gasteiger partial charge is 0.210 e. The van der Waals surface area contributed by atoms with Gasteiger partial charge >= 0.3 is 0 Å². The lowest BCUT2D eigenvalue weighted by Crippen LogP contribution is -2.09. The number of hydrogen-bond donors (Lipinski definition) is 0. The molecule has 0 bridgehead atoms. The van der Waals surface area contributed by atoms with Gasteiger partial charge in [0.05, 0.1) is 28.4 Å². The highest BCUT2D eigenvalue weighted by molar-refractivity contribution is 5.82. The molecule has 2 aromatic carbocycles. The molecule has 6 nitrogen and oxygen atoms in total. The van der Waals surface area contributed by atoms with E-state index in [9.17, 15) is 5.26 Å². The van der Waals surface area contributed by atoms with Crippen LogP contribution in [-0.2, 0) is 4.74 Å².